The molecular weight excluding hydrogens is 256 g/mol. The second kappa shape index (κ2) is 6.56. The molecule has 1 aromatic rings. The van der Waals surface area contributed by atoms with Gasteiger partial charge < -0.3 is 0 Å². The average molecular weight is 279 g/mol. The smallest absolute Gasteiger partial charge is 0.166 e. The summed E-state index contributed by atoms with van der Waals surface area (Å²) in [6, 6.07) is 3.89. The van der Waals surface area contributed by atoms with Crippen molar-refractivity contribution in [2.24, 2.45) is 5.92 Å². The molecule has 0 aliphatic heterocycles. The summed E-state index contributed by atoms with van der Waals surface area (Å²) in [5.41, 5.74) is 2.90. The van der Waals surface area contributed by atoms with E-state index in [2.05, 4.69) is 0 Å². The highest BCUT2D eigenvalue weighted by atomic mass is 35.5. The first-order valence-corrected chi connectivity index (χ1v) is 7.78. The summed E-state index contributed by atoms with van der Waals surface area (Å²) < 4.78 is 0. The first-order chi connectivity index (χ1) is 9.09. The number of hydrogen-bond acceptors (Lipinski definition) is 1. The van der Waals surface area contributed by atoms with Gasteiger partial charge in [-0.15, -0.1) is 0 Å². The number of ketones is 1. The summed E-state index contributed by atoms with van der Waals surface area (Å²) in [6.45, 7) is 3.96. The van der Waals surface area contributed by atoms with Gasteiger partial charge >= 0.3 is 0 Å². The van der Waals surface area contributed by atoms with Gasteiger partial charge in [0.15, 0.2) is 5.78 Å². The van der Waals surface area contributed by atoms with Gasteiger partial charge in [0.2, 0.25) is 0 Å². The molecule has 2 rings (SSSR count). The van der Waals surface area contributed by atoms with E-state index >= 15 is 0 Å². The molecule has 1 aliphatic rings. The maximum atomic E-state index is 12.7. The van der Waals surface area contributed by atoms with Crippen LogP contribution in [0, 0.1) is 19.8 Å². The van der Waals surface area contributed by atoms with Crippen molar-refractivity contribution in [3.8, 4) is 0 Å². The Morgan fingerprint density at radius 1 is 1.00 bits per heavy atom. The van der Waals surface area contributed by atoms with Crippen LogP contribution in [-0.4, -0.2) is 5.78 Å². The third-order valence-electron chi connectivity index (χ3n) is 4.25. The van der Waals surface area contributed by atoms with Crippen LogP contribution in [0.15, 0.2) is 12.1 Å². The second-order valence-corrected chi connectivity index (χ2v) is 6.23. The summed E-state index contributed by atoms with van der Waals surface area (Å²) in [5, 5.41) is 0.756. The number of hydrogen-bond donors (Lipinski definition) is 0. The number of halogens is 1. The minimum atomic E-state index is 0.222. The van der Waals surface area contributed by atoms with Gasteiger partial charge in [-0.2, -0.15) is 0 Å². The summed E-state index contributed by atoms with van der Waals surface area (Å²) >= 11 is 6.11. The van der Waals surface area contributed by atoms with E-state index in [4.69, 9.17) is 11.6 Å². The molecule has 0 amide bonds. The van der Waals surface area contributed by atoms with Gasteiger partial charge in [0.25, 0.3) is 0 Å². The first kappa shape index (κ1) is 14.6. The fraction of sp³-hybridized carbons (Fsp3) is 0.588. The number of benzene rings is 1. The number of carbonyl (C=O) groups excluding carboxylic acids is 1. The maximum absolute atomic E-state index is 12.7. The molecule has 0 atom stereocenters. The second-order valence-electron chi connectivity index (χ2n) is 5.82. The molecule has 0 heterocycles. The Hall–Kier alpha value is -0.820. The summed E-state index contributed by atoms with van der Waals surface area (Å²) in [6.07, 6.45) is 8.40. The standard InChI is InChI=1S/C17H23ClO/c1-12-11-16(18)13(2)10-15(12)17(19)14-8-6-4-3-5-7-9-14/h10-11,14H,3-9H2,1-2H3. The molecule has 0 bridgehead atoms. The topological polar surface area (TPSA) is 17.1 Å². The largest absolute Gasteiger partial charge is 0.294 e. The highest BCUT2D eigenvalue weighted by Crippen LogP contribution is 2.28. The molecule has 0 radical (unpaired) electrons. The average Bonchev–Trinajstić information content (AvgIpc) is 2.32. The summed E-state index contributed by atoms with van der Waals surface area (Å²) in [4.78, 5) is 12.7. The molecule has 1 saturated carbocycles. The Kier molecular flexibility index (Phi) is 5.04. The van der Waals surface area contributed by atoms with Crippen molar-refractivity contribution in [3.63, 3.8) is 0 Å². The Morgan fingerprint density at radius 3 is 2.21 bits per heavy atom. The highest BCUT2D eigenvalue weighted by molar-refractivity contribution is 6.31. The van der Waals surface area contributed by atoms with Crippen LogP contribution in [0.5, 0.6) is 0 Å². The third-order valence-corrected chi connectivity index (χ3v) is 4.65. The van der Waals surface area contributed by atoms with Crippen LogP contribution >= 0.6 is 11.6 Å². The maximum Gasteiger partial charge on any atom is 0.166 e. The van der Waals surface area contributed by atoms with Crippen molar-refractivity contribution in [1.82, 2.24) is 0 Å². The number of Topliss-reactive ketones (excluding diaryl/α,β-unsaturated/α-hetero) is 1. The van der Waals surface area contributed by atoms with Crippen molar-refractivity contribution in [3.05, 3.63) is 33.8 Å². The first-order valence-electron chi connectivity index (χ1n) is 7.40. The molecule has 104 valence electrons. The van der Waals surface area contributed by atoms with Crippen LogP contribution in [0.1, 0.15) is 66.4 Å². The van der Waals surface area contributed by atoms with Gasteiger partial charge in [0, 0.05) is 16.5 Å². The highest BCUT2D eigenvalue weighted by Gasteiger charge is 2.22. The van der Waals surface area contributed by atoms with Gasteiger partial charge in [-0.05, 0) is 49.9 Å². The molecule has 1 aromatic carbocycles. The SMILES string of the molecule is Cc1cc(C(=O)C2CCCCCCC2)c(C)cc1Cl. The van der Waals surface area contributed by atoms with E-state index in [1.54, 1.807) is 0 Å². The number of rotatable bonds is 2. The fourth-order valence-electron chi connectivity index (χ4n) is 2.98. The van der Waals surface area contributed by atoms with Gasteiger partial charge in [0.05, 0.1) is 0 Å². The van der Waals surface area contributed by atoms with E-state index in [0.717, 1.165) is 34.6 Å². The van der Waals surface area contributed by atoms with Crippen LogP contribution in [0.3, 0.4) is 0 Å². The molecule has 2 heteroatoms. The number of carbonyl (C=O) groups is 1. The zero-order chi connectivity index (χ0) is 13.8. The van der Waals surface area contributed by atoms with Crippen LogP contribution in [0.25, 0.3) is 0 Å². The molecule has 0 N–H and O–H groups in total. The van der Waals surface area contributed by atoms with E-state index < -0.39 is 0 Å². The zero-order valence-corrected chi connectivity index (χ0v) is 12.7. The fourth-order valence-corrected chi connectivity index (χ4v) is 3.20. The van der Waals surface area contributed by atoms with Crippen LogP contribution in [0.4, 0.5) is 0 Å². The van der Waals surface area contributed by atoms with Crippen LogP contribution < -0.4 is 0 Å². The molecule has 0 saturated heterocycles. The van der Waals surface area contributed by atoms with E-state index in [-0.39, 0.29) is 5.92 Å². The molecule has 0 unspecified atom stereocenters. The summed E-state index contributed by atoms with van der Waals surface area (Å²) in [5.74, 6) is 0.554. The molecule has 1 nitrogen and oxygen atoms in total. The quantitative estimate of drug-likeness (QED) is 0.653. The minimum Gasteiger partial charge on any atom is -0.294 e. The third kappa shape index (κ3) is 3.60. The van der Waals surface area contributed by atoms with E-state index in [1.165, 1.54) is 32.1 Å². The van der Waals surface area contributed by atoms with Gasteiger partial charge in [-0.25, -0.2) is 0 Å². The van der Waals surface area contributed by atoms with Crippen molar-refractivity contribution in [1.29, 1.82) is 0 Å². The van der Waals surface area contributed by atoms with Gasteiger partial charge in [0.1, 0.15) is 0 Å². The Balaban J connectivity index is 2.20. The predicted octanol–water partition coefficient (Wildman–Crippen LogP) is 5.50. The van der Waals surface area contributed by atoms with Crippen molar-refractivity contribution in [2.45, 2.75) is 58.8 Å². The molecule has 1 fully saturated rings. The normalized spacial score (nSPS) is 17.8. The Labute approximate surface area is 121 Å². The van der Waals surface area contributed by atoms with Gasteiger partial charge in [-0.3, -0.25) is 4.79 Å². The van der Waals surface area contributed by atoms with Crippen LogP contribution in [0.2, 0.25) is 5.02 Å². The van der Waals surface area contributed by atoms with Crippen molar-refractivity contribution in [2.75, 3.05) is 0 Å². The van der Waals surface area contributed by atoms with E-state index in [0.29, 0.717) is 5.78 Å². The molecular formula is C17H23ClO. The monoisotopic (exact) mass is 278 g/mol. The van der Waals surface area contributed by atoms with E-state index in [9.17, 15) is 4.79 Å². The Morgan fingerprint density at radius 2 is 1.58 bits per heavy atom. The van der Waals surface area contributed by atoms with Gasteiger partial charge in [-0.1, -0.05) is 43.7 Å². The number of aryl methyl sites for hydroxylation is 2. The van der Waals surface area contributed by atoms with Crippen molar-refractivity contribution < 1.29 is 4.79 Å². The molecule has 0 aromatic heterocycles. The van der Waals surface area contributed by atoms with Crippen LogP contribution in [-0.2, 0) is 0 Å². The Bertz CT molecular complexity index is 457. The van der Waals surface area contributed by atoms with E-state index in [1.807, 2.05) is 26.0 Å². The molecule has 0 spiro atoms. The zero-order valence-electron chi connectivity index (χ0n) is 12.0. The lowest BCUT2D eigenvalue weighted by Gasteiger charge is -2.20. The molecule has 1 aliphatic carbocycles. The lowest BCUT2D eigenvalue weighted by atomic mass is 9.84. The van der Waals surface area contributed by atoms with Crippen molar-refractivity contribution >= 4 is 17.4 Å². The summed E-state index contributed by atoms with van der Waals surface area (Å²) in [7, 11) is 0. The lowest BCUT2D eigenvalue weighted by molar-refractivity contribution is 0.0897. The molecule has 19 heavy (non-hydrogen) atoms. The predicted molar refractivity (Wildman–Crippen MR) is 81.1 cm³/mol. The minimum absolute atomic E-state index is 0.222. The lowest BCUT2D eigenvalue weighted by Crippen LogP contribution is -2.17.